The van der Waals surface area contributed by atoms with Gasteiger partial charge in [-0.05, 0) is 17.7 Å². The lowest BCUT2D eigenvalue weighted by molar-refractivity contribution is -0.120. The van der Waals surface area contributed by atoms with Crippen LogP contribution in [0.1, 0.15) is 11.4 Å². The smallest absolute Gasteiger partial charge is 0.224 e. The van der Waals surface area contributed by atoms with Crippen molar-refractivity contribution in [2.24, 2.45) is 0 Å². The summed E-state index contributed by atoms with van der Waals surface area (Å²) in [4.78, 5) is 16.6. The normalized spacial score (nSPS) is 10.5. The number of carbonyl (C=O) groups is 1. The van der Waals surface area contributed by atoms with Gasteiger partial charge >= 0.3 is 0 Å². The van der Waals surface area contributed by atoms with E-state index in [0.29, 0.717) is 25.9 Å². The molecule has 3 aromatic rings. The molecular formula is C20H19N3O. The number of imidazole rings is 1. The molecule has 0 fully saturated rings. The second-order valence-electron chi connectivity index (χ2n) is 5.57. The molecule has 1 heterocycles. The largest absolute Gasteiger partial charge is 0.355 e. The first-order valence-electron chi connectivity index (χ1n) is 7.96. The maximum atomic E-state index is 12.0. The second-order valence-corrected chi connectivity index (χ2v) is 5.57. The Kier molecular flexibility index (Phi) is 4.93. The Morgan fingerprint density at radius 1 is 1.12 bits per heavy atom. The number of hydrogen-bond donors (Lipinski definition) is 1. The topological polar surface area (TPSA) is 46.9 Å². The Morgan fingerprint density at radius 2 is 1.88 bits per heavy atom. The number of nitrogens with zero attached hydrogens (tertiary/aromatic N) is 2. The van der Waals surface area contributed by atoms with E-state index >= 15 is 0 Å². The third-order valence-corrected chi connectivity index (χ3v) is 3.86. The van der Waals surface area contributed by atoms with Crippen LogP contribution in [-0.2, 0) is 24.2 Å². The maximum Gasteiger partial charge on any atom is 0.224 e. The molecule has 0 radical (unpaired) electrons. The van der Waals surface area contributed by atoms with E-state index in [0.717, 1.165) is 22.4 Å². The molecule has 0 saturated carbocycles. The van der Waals surface area contributed by atoms with Crippen LogP contribution in [0, 0.1) is 12.3 Å². The SMILES string of the molecule is C#CCn1c(CCNC(=O)Cc2ccccc2)nc2ccccc21. The first-order chi connectivity index (χ1) is 11.8. The number of hydrogen-bond acceptors (Lipinski definition) is 2. The van der Waals surface area contributed by atoms with E-state index in [9.17, 15) is 4.79 Å². The van der Waals surface area contributed by atoms with E-state index in [2.05, 4.69) is 16.2 Å². The first-order valence-corrected chi connectivity index (χ1v) is 7.96. The molecule has 0 aliphatic rings. The fourth-order valence-electron chi connectivity index (χ4n) is 2.74. The summed E-state index contributed by atoms with van der Waals surface area (Å²) in [5.41, 5.74) is 2.97. The van der Waals surface area contributed by atoms with Crippen molar-refractivity contribution in [2.75, 3.05) is 6.54 Å². The highest BCUT2D eigenvalue weighted by atomic mass is 16.1. The van der Waals surface area contributed by atoms with Gasteiger partial charge in [0.25, 0.3) is 0 Å². The van der Waals surface area contributed by atoms with Gasteiger partial charge in [-0.3, -0.25) is 4.79 Å². The zero-order valence-electron chi connectivity index (χ0n) is 13.4. The Labute approximate surface area is 141 Å². The van der Waals surface area contributed by atoms with Gasteiger partial charge in [0.15, 0.2) is 0 Å². The molecule has 0 unspecified atom stereocenters. The second kappa shape index (κ2) is 7.47. The van der Waals surface area contributed by atoms with Crippen LogP contribution in [-0.4, -0.2) is 22.0 Å². The van der Waals surface area contributed by atoms with Crippen LogP contribution < -0.4 is 5.32 Å². The number of terminal acetylenes is 1. The third-order valence-electron chi connectivity index (χ3n) is 3.86. The molecule has 0 aliphatic heterocycles. The van der Waals surface area contributed by atoms with Crippen molar-refractivity contribution in [3.63, 3.8) is 0 Å². The molecule has 1 aromatic heterocycles. The number of para-hydroxylation sites is 2. The summed E-state index contributed by atoms with van der Waals surface area (Å²) in [5, 5.41) is 2.95. The molecule has 0 spiro atoms. The van der Waals surface area contributed by atoms with Crippen molar-refractivity contribution in [3.05, 3.63) is 66.0 Å². The predicted molar refractivity (Wildman–Crippen MR) is 95.4 cm³/mol. The molecule has 0 aliphatic carbocycles. The van der Waals surface area contributed by atoms with Crippen molar-refractivity contribution in [1.82, 2.24) is 14.9 Å². The molecule has 120 valence electrons. The lowest BCUT2D eigenvalue weighted by Gasteiger charge is -2.07. The monoisotopic (exact) mass is 317 g/mol. The molecule has 4 nitrogen and oxygen atoms in total. The van der Waals surface area contributed by atoms with Gasteiger partial charge in [-0.15, -0.1) is 6.42 Å². The lowest BCUT2D eigenvalue weighted by atomic mass is 10.1. The summed E-state index contributed by atoms with van der Waals surface area (Å²) in [6.07, 6.45) is 6.51. The van der Waals surface area contributed by atoms with Crippen molar-refractivity contribution in [2.45, 2.75) is 19.4 Å². The Morgan fingerprint density at radius 3 is 2.67 bits per heavy atom. The molecule has 1 N–H and O–H groups in total. The highest BCUT2D eigenvalue weighted by Crippen LogP contribution is 2.16. The number of fused-ring (bicyclic) bond motifs is 1. The predicted octanol–water partition coefficient (Wildman–Crippen LogP) is 2.57. The van der Waals surface area contributed by atoms with Crippen LogP contribution in [0.5, 0.6) is 0 Å². The zero-order chi connectivity index (χ0) is 16.8. The number of aromatic nitrogens is 2. The highest BCUT2D eigenvalue weighted by Gasteiger charge is 2.10. The number of carbonyl (C=O) groups excluding carboxylic acids is 1. The van der Waals surface area contributed by atoms with Gasteiger partial charge in [-0.25, -0.2) is 4.98 Å². The number of nitrogens with one attached hydrogen (secondary N) is 1. The zero-order valence-corrected chi connectivity index (χ0v) is 13.4. The summed E-state index contributed by atoms with van der Waals surface area (Å²) in [5.74, 6) is 3.58. The van der Waals surface area contributed by atoms with Gasteiger partial charge in [0.05, 0.1) is 24.0 Å². The minimum absolute atomic E-state index is 0.0146. The fraction of sp³-hybridized carbons (Fsp3) is 0.200. The molecule has 2 aromatic carbocycles. The van der Waals surface area contributed by atoms with Crippen LogP contribution in [0.4, 0.5) is 0 Å². The summed E-state index contributed by atoms with van der Waals surface area (Å²) in [6.45, 7) is 1.02. The number of amides is 1. The standard InChI is InChI=1S/C20H19N3O/c1-2-14-23-18-11-7-6-10-17(18)22-19(23)12-13-21-20(24)15-16-8-4-3-5-9-16/h1,3-11H,12-15H2,(H,21,24). The van der Waals surface area contributed by atoms with Crippen LogP contribution in [0.2, 0.25) is 0 Å². The molecule has 0 atom stereocenters. The lowest BCUT2D eigenvalue weighted by Crippen LogP contribution is -2.27. The van der Waals surface area contributed by atoms with Gasteiger partial charge < -0.3 is 9.88 Å². The minimum atomic E-state index is 0.0146. The average Bonchev–Trinajstić information content (AvgIpc) is 2.94. The maximum absolute atomic E-state index is 12.0. The fourth-order valence-corrected chi connectivity index (χ4v) is 2.74. The summed E-state index contributed by atoms with van der Waals surface area (Å²) in [6, 6.07) is 17.6. The van der Waals surface area contributed by atoms with Crippen molar-refractivity contribution < 1.29 is 4.79 Å². The summed E-state index contributed by atoms with van der Waals surface area (Å²) >= 11 is 0. The van der Waals surface area contributed by atoms with Gasteiger partial charge in [0.1, 0.15) is 5.82 Å². The van der Waals surface area contributed by atoms with Crippen LogP contribution in [0.3, 0.4) is 0 Å². The molecule has 0 bridgehead atoms. The molecule has 1 amide bonds. The third kappa shape index (κ3) is 3.64. The van der Waals surface area contributed by atoms with Gasteiger partial charge in [-0.1, -0.05) is 48.4 Å². The van der Waals surface area contributed by atoms with Crippen LogP contribution in [0.25, 0.3) is 11.0 Å². The van der Waals surface area contributed by atoms with Crippen LogP contribution >= 0.6 is 0 Å². The quantitative estimate of drug-likeness (QED) is 0.710. The van der Waals surface area contributed by atoms with E-state index in [1.165, 1.54) is 0 Å². The van der Waals surface area contributed by atoms with E-state index < -0.39 is 0 Å². The van der Waals surface area contributed by atoms with E-state index in [1.54, 1.807) is 0 Å². The van der Waals surface area contributed by atoms with Crippen molar-refractivity contribution >= 4 is 16.9 Å². The van der Waals surface area contributed by atoms with Crippen LogP contribution in [0.15, 0.2) is 54.6 Å². The number of benzene rings is 2. The van der Waals surface area contributed by atoms with Gasteiger partial charge in [-0.2, -0.15) is 0 Å². The molecule has 24 heavy (non-hydrogen) atoms. The van der Waals surface area contributed by atoms with Crippen molar-refractivity contribution in [1.29, 1.82) is 0 Å². The molecule has 4 heteroatoms. The molecular weight excluding hydrogens is 298 g/mol. The highest BCUT2D eigenvalue weighted by molar-refractivity contribution is 5.78. The molecule has 0 saturated heterocycles. The first kappa shape index (κ1) is 15.8. The van der Waals surface area contributed by atoms with Crippen molar-refractivity contribution in [3.8, 4) is 12.3 Å². The average molecular weight is 317 g/mol. The summed E-state index contributed by atoms with van der Waals surface area (Å²) < 4.78 is 2.03. The van der Waals surface area contributed by atoms with Gasteiger partial charge in [0, 0.05) is 13.0 Å². The van der Waals surface area contributed by atoms with Gasteiger partial charge in [0.2, 0.25) is 5.91 Å². The summed E-state index contributed by atoms with van der Waals surface area (Å²) in [7, 11) is 0. The Bertz CT molecular complexity index is 875. The van der Waals surface area contributed by atoms with E-state index in [-0.39, 0.29) is 5.91 Å². The van der Waals surface area contributed by atoms with E-state index in [1.807, 2.05) is 59.2 Å². The minimum Gasteiger partial charge on any atom is -0.355 e. The number of rotatable bonds is 6. The van der Waals surface area contributed by atoms with E-state index in [4.69, 9.17) is 6.42 Å². The Hall–Kier alpha value is -3.06. The molecule has 3 rings (SSSR count). The Balaban J connectivity index is 1.62.